The number of amides is 1. The highest BCUT2D eigenvalue weighted by molar-refractivity contribution is 7.89. The Kier molecular flexibility index (Phi) is 4.83. The summed E-state index contributed by atoms with van der Waals surface area (Å²) in [4.78, 5) is 11.7. The number of carbonyl (C=O) groups is 1. The molecule has 0 bridgehead atoms. The van der Waals surface area contributed by atoms with Crippen LogP contribution in [0.25, 0.3) is 0 Å². The zero-order valence-electron chi connectivity index (χ0n) is 10.3. The fourth-order valence-electron chi connectivity index (χ4n) is 1.33. The molecule has 1 aromatic rings. The number of carbonyl (C=O) groups excluding carboxylic acids is 1. The van der Waals surface area contributed by atoms with Crippen molar-refractivity contribution in [3.63, 3.8) is 0 Å². The number of rotatable bonds is 5. The van der Waals surface area contributed by atoms with Crippen molar-refractivity contribution in [3.8, 4) is 0 Å². The molecule has 100 valence electrons. The number of anilines is 1. The van der Waals surface area contributed by atoms with Crippen LogP contribution in [0.15, 0.2) is 29.2 Å². The number of benzene rings is 1. The fraction of sp³-hybridized carbons (Fsp3) is 0.364. The van der Waals surface area contributed by atoms with Crippen LogP contribution in [0.5, 0.6) is 0 Å². The molecule has 6 nitrogen and oxygen atoms in total. The van der Waals surface area contributed by atoms with E-state index in [1.54, 1.807) is 19.1 Å². The highest BCUT2D eigenvalue weighted by atomic mass is 32.2. The van der Waals surface area contributed by atoms with Crippen LogP contribution >= 0.6 is 0 Å². The van der Waals surface area contributed by atoms with Gasteiger partial charge in [-0.05, 0) is 25.6 Å². The van der Waals surface area contributed by atoms with Gasteiger partial charge in [-0.2, -0.15) is 0 Å². The van der Waals surface area contributed by atoms with E-state index >= 15 is 0 Å². The predicted octanol–water partition coefficient (Wildman–Crippen LogP) is 0.270. The average molecular weight is 271 g/mol. The summed E-state index contributed by atoms with van der Waals surface area (Å²) in [6.07, 6.45) is 0.479. The summed E-state index contributed by atoms with van der Waals surface area (Å²) in [5.74, 6) is -0.406. The van der Waals surface area contributed by atoms with Crippen molar-refractivity contribution in [1.82, 2.24) is 4.72 Å². The Labute approximate surface area is 107 Å². The molecule has 0 saturated carbocycles. The third-order valence-electron chi connectivity index (χ3n) is 2.48. The van der Waals surface area contributed by atoms with Crippen LogP contribution in [-0.2, 0) is 14.8 Å². The van der Waals surface area contributed by atoms with Crippen molar-refractivity contribution in [2.24, 2.45) is 5.73 Å². The molecule has 0 heterocycles. The highest BCUT2D eigenvalue weighted by Crippen LogP contribution is 2.20. The van der Waals surface area contributed by atoms with Gasteiger partial charge in [-0.15, -0.1) is 0 Å². The number of nitrogens with two attached hydrogens (primary N) is 1. The largest absolute Gasteiger partial charge is 0.324 e. The summed E-state index contributed by atoms with van der Waals surface area (Å²) in [5.41, 5.74) is 5.80. The smallest absolute Gasteiger partial charge is 0.242 e. The first-order valence-electron chi connectivity index (χ1n) is 5.51. The maximum Gasteiger partial charge on any atom is 0.242 e. The summed E-state index contributed by atoms with van der Waals surface area (Å²) in [7, 11) is -2.30. The summed E-state index contributed by atoms with van der Waals surface area (Å²) in [6, 6.07) is 5.50. The van der Waals surface area contributed by atoms with Gasteiger partial charge in [0, 0.05) is 0 Å². The Balaban J connectivity index is 3.08. The van der Waals surface area contributed by atoms with Crippen LogP contribution in [0.3, 0.4) is 0 Å². The number of nitrogens with one attached hydrogen (secondary N) is 2. The minimum Gasteiger partial charge on any atom is -0.324 e. The first kappa shape index (κ1) is 14.6. The molecule has 0 spiro atoms. The van der Waals surface area contributed by atoms with Crippen LogP contribution in [0, 0.1) is 0 Å². The SMILES string of the molecule is CCC(N)C(=O)Nc1ccccc1S(=O)(=O)NC. The van der Waals surface area contributed by atoms with Crippen molar-refractivity contribution in [1.29, 1.82) is 0 Å². The van der Waals surface area contributed by atoms with Gasteiger partial charge in [0.2, 0.25) is 15.9 Å². The topological polar surface area (TPSA) is 101 Å². The summed E-state index contributed by atoms with van der Waals surface area (Å²) in [5, 5.41) is 2.52. The Morgan fingerprint density at radius 2 is 2.00 bits per heavy atom. The number of para-hydroxylation sites is 1. The third kappa shape index (κ3) is 3.28. The molecule has 0 radical (unpaired) electrons. The van der Waals surface area contributed by atoms with Crippen LogP contribution in [0.1, 0.15) is 13.3 Å². The van der Waals surface area contributed by atoms with Crippen LogP contribution in [-0.4, -0.2) is 27.4 Å². The van der Waals surface area contributed by atoms with E-state index in [9.17, 15) is 13.2 Å². The minimum atomic E-state index is -3.61. The maximum absolute atomic E-state index is 11.7. The number of hydrogen-bond acceptors (Lipinski definition) is 4. The van der Waals surface area contributed by atoms with Gasteiger partial charge in [0.05, 0.1) is 11.7 Å². The lowest BCUT2D eigenvalue weighted by Crippen LogP contribution is -2.35. The monoisotopic (exact) mass is 271 g/mol. The Morgan fingerprint density at radius 3 is 2.56 bits per heavy atom. The zero-order chi connectivity index (χ0) is 13.8. The highest BCUT2D eigenvalue weighted by Gasteiger charge is 2.19. The lowest BCUT2D eigenvalue weighted by molar-refractivity contribution is -0.117. The van der Waals surface area contributed by atoms with Gasteiger partial charge in [0.1, 0.15) is 4.90 Å². The van der Waals surface area contributed by atoms with Crippen molar-refractivity contribution in [3.05, 3.63) is 24.3 Å². The third-order valence-corrected chi connectivity index (χ3v) is 3.95. The predicted molar refractivity (Wildman–Crippen MR) is 69.6 cm³/mol. The molecule has 18 heavy (non-hydrogen) atoms. The average Bonchev–Trinajstić information content (AvgIpc) is 2.38. The molecular formula is C11H17N3O3S. The van der Waals surface area contributed by atoms with Crippen molar-refractivity contribution < 1.29 is 13.2 Å². The van der Waals surface area contributed by atoms with E-state index in [2.05, 4.69) is 10.0 Å². The molecule has 1 rings (SSSR count). The lowest BCUT2D eigenvalue weighted by atomic mass is 10.2. The van der Waals surface area contributed by atoms with E-state index in [1.807, 2.05) is 0 Å². The first-order valence-corrected chi connectivity index (χ1v) is 6.99. The molecular weight excluding hydrogens is 254 g/mol. The zero-order valence-corrected chi connectivity index (χ0v) is 11.1. The van der Waals surface area contributed by atoms with Crippen molar-refractivity contribution in [2.45, 2.75) is 24.3 Å². The molecule has 1 atom stereocenters. The van der Waals surface area contributed by atoms with E-state index in [0.717, 1.165) is 0 Å². The molecule has 1 amide bonds. The minimum absolute atomic E-state index is 0.0177. The van der Waals surface area contributed by atoms with Crippen LogP contribution in [0.4, 0.5) is 5.69 Å². The second-order valence-corrected chi connectivity index (χ2v) is 5.56. The normalized spacial score (nSPS) is 13.1. The molecule has 0 aliphatic heterocycles. The maximum atomic E-state index is 11.7. The Hall–Kier alpha value is -1.44. The lowest BCUT2D eigenvalue weighted by Gasteiger charge is -2.13. The molecule has 0 aliphatic rings. The molecule has 0 fully saturated rings. The van der Waals surface area contributed by atoms with Gasteiger partial charge in [-0.3, -0.25) is 4.79 Å². The van der Waals surface area contributed by atoms with Gasteiger partial charge < -0.3 is 11.1 Å². The number of hydrogen-bond donors (Lipinski definition) is 3. The van der Waals surface area contributed by atoms with Gasteiger partial charge >= 0.3 is 0 Å². The quantitative estimate of drug-likeness (QED) is 0.715. The first-order chi connectivity index (χ1) is 8.42. The summed E-state index contributed by atoms with van der Waals surface area (Å²) >= 11 is 0. The van der Waals surface area contributed by atoms with E-state index in [4.69, 9.17) is 5.73 Å². The van der Waals surface area contributed by atoms with E-state index < -0.39 is 22.0 Å². The van der Waals surface area contributed by atoms with Crippen LogP contribution in [0.2, 0.25) is 0 Å². The van der Waals surface area contributed by atoms with E-state index in [0.29, 0.717) is 6.42 Å². The molecule has 4 N–H and O–H groups in total. The van der Waals surface area contributed by atoms with Crippen molar-refractivity contribution in [2.75, 3.05) is 12.4 Å². The second kappa shape index (κ2) is 5.94. The van der Waals surface area contributed by atoms with E-state index in [-0.39, 0.29) is 10.6 Å². The van der Waals surface area contributed by atoms with Gasteiger partial charge in [0.15, 0.2) is 0 Å². The van der Waals surface area contributed by atoms with Gasteiger partial charge in [0.25, 0.3) is 0 Å². The molecule has 0 aliphatic carbocycles. The fourth-order valence-corrected chi connectivity index (χ4v) is 2.21. The van der Waals surface area contributed by atoms with Gasteiger partial charge in [-0.25, -0.2) is 13.1 Å². The molecule has 0 aromatic heterocycles. The Bertz CT molecular complexity index is 528. The second-order valence-electron chi connectivity index (χ2n) is 3.71. The van der Waals surface area contributed by atoms with Crippen molar-refractivity contribution >= 4 is 21.6 Å². The van der Waals surface area contributed by atoms with Gasteiger partial charge in [-0.1, -0.05) is 19.1 Å². The molecule has 1 aromatic carbocycles. The summed E-state index contributed by atoms with van der Waals surface area (Å²) < 4.78 is 25.7. The van der Waals surface area contributed by atoms with Crippen LogP contribution < -0.4 is 15.8 Å². The number of sulfonamides is 1. The summed E-state index contributed by atoms with van der Waals surface area (Å²) in [6.45, 7) is 1.78. The standard InChI is InChI=1S/C11H17N3O3S/c1-3-8(12)11(15)14-9-6-4-5-7-10(9)18(16,17)13-2/h4-8,13H,3,12H2,1-2H3,(H,14,15). The van der Waals surface area contributed by atoms with E-state index in [1.165, 1.54) is 19.2 Å². The molecule has 7 heteroatoms. The molecule has 0 saturated heterocycles. The Morgan fingerprint density at radius 1 is 1.39 bits per heavy atom. The molecule has 1 unspecified atom stereocenters.